The van der Waals surface area contributed by atoms with Gasteiger partial charge in [-0.15, -0.1) is 5.10 Å². The Hall–Kier alpha value is -4.20. The number of nitrogens with one attached hydrogen (secondary N) is 1. The molecule has 0 fully saturated rings. The lowest BCUT2D eigenvalue weighted by atomic mass is 9.87. The van der Waals surface area contributed by atoms with E-state index in [-0.39, 0.29) is 22.8 Å². The summed E-state index contributed by atoms with van der Waals surface area (Å²) in [7, 11) is 0. The first-order valence-electron chi connectivity index (χ1n) is 9.98. The molecule has 0 bridgehead atoms. The van der Waals surface area contributed by atoms with Crippen LogP contribution < -0.4 is 10.1 Å². The fourth-order valence-corrected chi connectivity index (χ4v) is 3.10. The minimum atomic E-state index is -1.04. The first kappa shape index (κ1) is 21.0. The summed E-state index contributed by atoms with van der Waals surface area (Å²) in [4.78, 5) is 28.1. The summed E-state index contributed by atoms with van der Waals surface area (Å²) in [5.41, 5.74) is 2.33. The molecule has 0 unspecified atom stereocenters. The number of carbonyl (C=O) groups excluding carboxylic acids is 1. The number of anilines is 1. The molecule has 2 N–H and O–H groups in total. The number of rotatable bonds is 5. The van der Waals surface area contributed by atoms with E-state index < -0.39 is 5.97 Å². The summed E-state index contributed by atoms with van der Waals surface area (Å²) < 4.78 is 7.15. The molecule has 0 saturated carbocycles. The van der Waals surface area contributed by atoms with Crippen LogP contribution in [-0.4, -0.2) is 31.6 Å². The van der Waals surface area contributed by atoms with Crippen molar-refractivity contribution >= 4 is 23.3 Å². The first-order valence-corrected chi connectivity index (χ1v) is 9.98. The van der Waals surface area contributed by atoms with Gasteiger partial charge in [0.25, 0.3) is 5.91 Å². The molecule has 0 aliphatic heterocycles. The molecule has 0 aliphatic carbocycles. The van der Waals surface area contributed by atoms with Crippen molar-refractivity contribution in [3.8, 4) is 11.6 Å². The SMILES string of the molecule is CC(C)(C)c1ccc(C(=O)Nc2cn3nc(Oc4cccc(C(=O)O)c4)ccc3n2)cc1. The zero-order chi connectivity index (χ0) is 22.9. The lowest BCUT2D eigenvalue weighted by Crippen LogP contribution is -2.14. The summed E-state index contributed by atoms with van der Waals surface area (Å²) in [6.45, 7) is 6.35. The van der Waals surface area contributed by atoms with E-state index in [9.17, 15) is 9.59 Å². The van der Waals surface area contributed by atoms with E-state index in [1.54, 1.807) is 42.6 Å². The number of nitrogens with zero attached hydrogens (tertiary/aromatic N) is 3. The largest absolute Gasteiger partial charge is 0.478 e. The molecule has 4 aromatic rings. The molecule has 1 amide bonds. The smallest absolute Gasteiger partial charge is 0.335 e. The highest BCUT2D eigenvalue weighted by Gasteiger charge is 2.15. The number of ether oxygens (including phenoxy) is 1. The van der Waals surface area contributed by atoms with Crippen LogP contribution in [0.2, 0.25) is 0 Å². The monoisotopic (exact) mass is 430 g/mol. The normalized spacial score (nSPS) is 11.3. The van der Waals surface area contributed by atoms with E-state index in [0.717, 1.165) is 5.56 Å². The lowest BCUT2D eigenvalue weighted by molar-refractivity contribution is 0.0696. The summed E-state index contributed by atoms with van der Waals surface area (Å²) >= 11 is 0. The van der Waals surface area contributed by atoms with Crippen molar-refractivity contribution < 1.29 is 19.4 Å². The minimum Gasteiger partial charge on any atom is -0.478 e. The molecule has 0 saturated heterocycles. The predicted octanol–water partition coefficient (Wildman–Crippen LogP) is 4.77. The number of carboxylic acid groups (broad SMARTS) is 1. The number of imidazole rings is 1. The predicted molar refractivity (Wildman–Crippen MR) is 120 cm³/mol. The Bertz CT molecular complexity index is 1300. The Morgan fingerprint density at radius 3 is 2.44 bits per heavy atom. The molecule has 162 valence electrons. The topological polar surface area (TPSA) is 106 Å². The van der Waals surface area contributed by atoms with Gasteiger partial charge in [-0.2, -0.15) is 0 Å². The van der Waals surface area contributed by atoms with Gasteiger partial charge in [0.15, 0.2) is 11.5 Å². The number of amides is 1. The molecule has 0 atom stereocenters. The second-order valence-corrected chi connectivity index (χ2v) is 8.32. The standard InChI is InChI=1S/C24H22N4O4/c1-24(2,3)17-9-7-15(8-10-17)22(29)26-19-14-28-20(25-19)11-12-21(27-28)32-18-6-4-5-16(13-18)23(30)31/h4-14H,1-3H3,(H,26,29)(H,30,31). The van der Waals surface area contributed by atoms with Crippen LogP contribution >= 0.6 is 0 Å². The number of carbonyl (C=O) groups is 2. The van der Waals surface area contributed by atoms with Gasteiger partial charge in [0, 0.05) is 11.6 Å². The van der Waals surface area contributed by atoms with Gasteiger partial charge >= 0.3 is 5.97 Å². The minimum absolute atomic E-state index is 0.0109. The molecule has 2 aromatic heterocycles. The van der Waals surface area contributed by atoms with E-state index in [2.05, 4.69) is 36.2 Å². The summed E-state index contributed by atoms with van der Waals surface area (Å²) in [6.07, 6.45) is 1.58. The van der Waals surface area contributed by atoms with E-state index in [4.69, 9.17) is 9.84 Å². The van der Waals surface area contributed by atoms with Gasteiger partial charge in [-0.1, -0.05) is 39.0 Å². The number of carboxylic acids is 1. The van der Waals surface area contributed by atoms with Crippen LogP contribution in [0.25, 0.3) is 5.65 Å². The lowest BCUT2D eigenvalue weighted by Gasteiger charge is -2.18. The summed E-state index contributed by atoms with van der Waals surface area (Å²) in [5, 5.41) is 16.2. The van der Waals surface area contributed by atoms with Crippen LogP contribution in [0.3, 0.4) is 0 Å². The highest BCUT2D eigenvalue weighted by atomic mass is 16.5. The molecule has 0 radical (unpaired) electrons. The van der Waals surface area contributed by atoms with Gasteiger partial charge < -0.3 is 15.2 Å². The second-order valence-electron chi connectivity index (χ2n) is 8.32. The summed E-state index contributed by atoms with van der Waals surface area (Å²) in [6, 6.07) is 16.9. The number of fused-ring (bicyclic) bond motifs is 1. The molecule has 8 nitrogen and oxygen atoms in total. The number of hydrogen-bond donors (Lipinski definition) is 2. The molecular weight excluding hydrogens is 408 g/mol. The Morgan fingerprint density at radius 2 is 1.75 bits per heavy atom. The van der Waals surface area contributed by atoms with Crippen LogP contribution in [0.4, 0.5) is 5.82 Å². The van der Waals surface area contributed by atoms with E-state index in [0.29, 0.717) is 22.8 Å². The van der Waals surface area contributed by atoms with Crippen molar-refractivity contribution in [2.24, 2.45) is 0 Å². The third-order valence-corrected chi connectivity index (χ3v) is 4.85. The average molecular weight is 430 g/mol. The van der Waals surface area contributed by atoms with Crippen LogP contribution in [-0.2, 0) is 5.41 Å². The number of hydrogen-bond acceptors (Lipinski definition) is 5. The van der Waals surface area contributed by atoms with E-state index >= 15 is 0 Å². The second kappa shape index (κ2) is 8.14. The van der Waals surface area contributed by atoms with Crippen molar-refractivity contribution in [2.75, 3.05) is 5.32 Å². The quantitative estimate of drug-likeness (QED) is 0.472. The molecule has 0 spiro atoms. The first-order chi connectivity index (χ1) is 15.2. The van der Waals surface area contributed by atoms with Gasteiger partial charge in [-0.3, -0.25) is 4.79 Å². The third-order valence-electron chi connectivity index (χ3n) is 4.85. The summed E-state index contributed by atoms with van der Waals surface area (Å²) in [5.74, 6) is -0.345. The van der Waals surface area contributed by atoms with Gasteiger partial charge in [-0.25, -0.2) is 14.3 Å². The number of aromatic nitrogens is 3. The van der Waals surface area contributed by atoms with Crippen LogP contribution in [0, 0.1) is 0 Å². The maximum atomic E-state index is 12.6. The average Bonchev–Trinajstić information content (AvgIpc) is 3.15. The Morgan fingerprint density at radius 1 is 1.00 bits per heavy atom. The molecular formula is C24H22N4O4. The zero-order valence-electron chi connectivity index (χ0n) is 17.9. The van der Waals surface area contributed by atoms with Gasteiger partial charge in [-0.05, 0) is 47.4 Å². The van der Waals surface area contributed by atoms with E-state index in [1.807, 2.05) is 12.1 Å². The molecule has 2 heterocycles. The molecule has 0 aliphatic rings. The number of benzene rings is 2. The van der Waals surface area contributed by atoms with Gasteiger partial charge in [0.1, 0.15) is 5.75 Å². The Labute approximate surface area is 184 Å². The van der Waals surface area contributed by atoms with Crippen molar-refractivity contribution in [1.29, 1.82) is 0 Å². The molecule has 2 aromatic carbocycles. The zero-order valence-corrected chi connectivity index (χ0v) is 17.9. The highest BCUT2D eigenvalue weighted by molar-refractivity contribution is 6.03. The van der Waals surface area contributed by atoms with Gasteiger partial charge in [0.2, 0.25) is 5.88 Å². The van der Waals surface area contributed by atoms with Crippen LogP contribution in [0.1, 0.15) is 47.1 Å². The van der Waals surface area contributed by atoms with Crippen LogP contribution in [0.5, 0.6) is 11.6 Å². The fourth-order valence-electron chi connectivity index (χ4n) is 3.10. The number of aromatic carboxylic acids is 1. The van der Waals surface area contributed by atoms with Crippen molar-refractivity contribution in [3.63, 3.8) is 0 Å². The molecule has 32 heavy (non-hydrogen) atoms. The fraction of sp³-hybridized carbons (Fsp3) is 0.167. The molecule has 8 heteroatoms. The third kappa shape index (κ3) is 4.59. The maximum absolute atomic E-state index is 12.6. The maximum Gasteiger partial charge on any atom is 0.335 e. The Kier molecular flexibility index (Phi) is 5.36. The van der Waals surface area contributed by atoms with E-state index in [1.165, 1.54) is 16.6 Å². The van der Waals surface area contributed by atoms with Gasteiger partial charge in [0.05, 0.1) is 11.8 Å². The van der Waals surface area contributed by atoms with Crippen molar-refractivity contribution in [3.05, 3.63) is 83.6 Å². The molecule has 4 rings (SSSR count). The Balaban J connectivity index is 1.50. The van der Waals surface area contributed by atoms with Crippen molar-refractivity contribution in [2.45, 2.75) is 26.2 Å². The highest BCUT2D eigenvalue weighted by Crippen LogP contribution is 2.23. The van der Waals surface area contributed by atoms with Crippen molar-refractivity contribution in [1.82, 2.24) is 14.6 Å². The van der Waals surface area contributed by atoms with Crippen LogP contribution in [0.15, 0.2) is 66.9 Å².